The summed E-state index contributed by atoms with van der Waals surface area (Å²) in [5, 5.41) is 6.48. The van der Waals surface area contributed by atoms with Gasteiger partial charge in [-0.1, -0.05) is 32.1 Å². The van der Waals surface area contributed by atoms with E-state index in [1.54, 1.807) is 0 Å². The normalized spacial score (nSPS) is 27.1. The first kappa shape index (κ1) is 15.6. The molecule has 0 aliphatic heterocycles. The fourth-order valence-corrected chi connectivity index (χ4v) is 2.99. The minimum atomic E-state index is -0.414. The lowest BCUT2D eigenvalue weighted by molar-refractivity contribution is 0.0522. The molecule has 1 amide bonds. The van der Waals surface area contributed by atoms with E-state index in [4.69, 9.17) is 4.74 Å². The lowest BCUT2D eigenvalue weighted by atomic mass is 9.87. The Balaban J connectivity index is 1.53. The third-order valence-electron chi connectivity index (χ3n) is 4.18. The van der Waals surface area contributed by atoms with E-state index in [1.807, 2.05) is 20.8 Å². The van der Waals surface area contributed by atoms with E-state index in [-0.39, 0.29) is 12.1 Å². The number of hydrogen-bond donors (Lipinski definition) is 2. The van der Waals surface area contributed by atoms with Gasteiger partial charge in [-0.25, -0.2) is 4.79 Å². The van der Waals surface area contributed by atoms with Crippen molar-refractivity contribution in [3.05, 3.63) is 0 Å². The number of alkyl carbamates (subject to hydrolysis) is 1. The summed E-state index contributed by atoms with van der Waals surface area (Å²) in [5.41, 5.74) is -0.414. The Morgan fingerprint density at radius 2 is 1.85 bits per heavy atom. The quantitative estimate of drug-likeness (QED) is 0.814. The van der Waals surface area contributed by atoms with Crippen LogP contribution in [0, 0.1) is 5.92 Å². The number of carbonyl (C=O) groups is 1. The smallest absolute Gasteiger partial charge is 0.407 e. The molecule has 4 nitrogen and oxygen atoms in total. The standard InChI is InChI=1S/C16H30N2O2/c1-16(2,3)20-15(19)18-14-11-13(14)17-10-9-12-7-5-4-6-8-12/h12-14,17H,4-11H2,1-3H3,(H,18,19). The summed E-state index contributed by atoms with van der Waals surface area (Å²) >= 11 is 0. The van der Waals surface area contributed by atoms with Gasteiger partial charge in [0.25, 0.3) is 0 Å². The third-order valence-corrected chi connectivity index (χ3v) is 4.18. The van der Waals surface area contributed by atoms with Crippen molar-refractivity contribution in [3.63, 3.8) is 0 Å². The van der Waals surface area contributed by atoms with Gasteiger partial charge in [0.15, 0.2) is 0 Å². The molecular formula is C16H30N2O2. The molecule has 2 aliphatic carbocycles. The first-order chi connectivity index (χ1) is 9.44. The van der Waals surface area contributed by atoms with Crippen LogP contribution in [-0.4, -0.2) is 30.3 Å². The van der Waals surface area contributed by atoms with E-state index in [1.165, 1.54) is 38.5 Å². The highest BCUT2D eigenvalue weighted by Crippen LogP contribution is 2.27. The predicted molar refractivity (Wildman–Crippen MR) is 80.8 cm³/mol. The van der Waals surface area contributed by atoms with Crippen LogP contribution in [0.15, 0.2) is 0 Å². The summed E-state index contributed by atoms with van der Waals surface area (Å²) in [6.07, 6.45) is 9.10. The summed E-state index contributed by atoms with van der Waals surface area (Å²) < 4.78 is 5.26. The second kappa shape index (κ2) is 6.79. The molecule has 0 aromatic carbocycles. The number of carbonyl (C=O) groups excluding carboxylic acids is 1. The van der Waals surface area contributed by atoms with Crippen molar-refractivity contribution in [3.8, 4) is 0 Å². The molecule has 2 fully saturated rings. The molecule has 0 spiro atoms. The zero-order valence-electron chi connectivity index (χ0n) is 13.2. The van der Waals surface area contributed by atoms with Crippen LogP contribution in [-0.2, 0) is 4.74 Å². The zero-order chi connectivity index (χ0) is 14.6. The molecule has 20 heavy (non-hydrogen) atoms. The van der Waals surface area contributed by atoms with Gasteiger partial charge in [-0.2, -0.15) is 0 Å². The summed E-state index contributed by atoms with van der Waals surface area (Å²) in [5.74, 6) is 0.923. The van der Waals surface area contributed by atoms with Crippen molar-refractivity contribution in [2.75, 3.05) is 6.54 Å². The van der Waals surface area contributed by atoms with Crippen LogP contribution in [0.4, 0.5) is 4.79 Å². The van der Waals surface area contributed by atoms with Gasteiger partial charge < -0.3 is 15.4 Å². The Hall–Kier alpha value is -0.770. The summed E-state index contributed by atoms with van der Waals surface area (Å²) in [6, 6.07) is 0.710. The van der Waals surface area contributed by atoms with E-state index in [2.05, 4.69) is 10.6 Å². The second-order valence-corrected chi connectivity index (χ2v) is 7.34. The van der Waals surface area contributed by atoms with E-state index in [0.717, 1.165) is 18.9 Å². The first-order valence-corrected chi connectivity index (χ1v) is 8.17. The summed E-state index contributed by atoms with van der Waals surface area (Å²) in [7, 11) is 0. The lowest BCUT2D eigenvalue weighted by Gasteiger charge is -2.21. The average molecular weight is 282 g/mol. The Morgan fingerprint density at radius 1 is 1.15 bits per heavy atom. The molecule has 0 saturated heterocycles. The minimum absolute atomic E-state index is 0.260. The Labute approximate surface area is 123 Å². The first-order valence-electron chi connectivity index (χ1n) is 8.17. The molecule has 116 valence electrons. The maximum absolute atomic E-state index is 11.6. The van der Waals surface area contributed by atoms with Crippen molar-refractivity contribution in [2.45, 2.75) is 83.4 Å². The molecule has 0 bridgehead atoms. The van der Waals surface area contributed by atoms with Crippen LogP contribution in [0.25, 0.3) is 0 Å². The molecule has 0 aromatic heterocycles. The number of rotatable bonds is 5. The fourth-order valence-electron chi connectivity index (χ4n) is 2.99. The molecule has 2 N–H and O–H groups in total. The average Bonchev–Trinajstić information content (AvgIpc) is 3.06. The van der Waals surface area contributed by atoms with Gasteiger partial charge in [-0.3, -0.25) is 0 Å². The summed E-state index contributed by atoms with van der Waals surface area (Å²) in [4.78, 5) is 11.6. The summed E-state index contributed by atoms with van der Waals surface area (Å²) in [6.45, 7) is 6.75. The molecule has 4 heteroatoms. The highest BCUT2D eigenvalue weighted by Gasteiger charge is 2.38. The second-order valence-electron chi connectivity index (χ2n) is 7.34. The van der Waals surface area contributed by atoms with Gasteiger partial charge >= 0.3 is 6.09 Å². The van der Waals surface area contributed by atoms with Crippen molar-refractivity contribution in [1.29, 1.82) is 0 Å². The van der Waals surface area contributed by atoms with Gasteiger partial charge in [0, 0.05) is 12.1 Å². The molecule has 2 saturated carbocycles. The van der Waals surface area contributed by atoms with Crippen LogP contribution in [0.2, 0.25) is 0 Å². The molecule has 2 atom stereocenters. The zero-order valence-corrected chi connectivity index (χ0v) is 13.2. The Kier molecular flexibility index (Phi) is 5.30. The highest BCUT2D eigenvalue weighted by molar-refractivity contribution is 5.68. The maximum Gasteiger partial charge on any atom is 0.407 e. The van der Waals surface area contributed by atoms with E-state index in [0.29, 0.717) is 6.04 Å². The van der Waals surface area contributed by atoms with Crippen LogP contribution in [0.3, 0.4) is 0 Å². The minimum Gasteiger partial charge on any atom is -0.444 e. The Morgan fingerprint density at radius 3 is 2.50 bits per heavy atom. The highest BCUT2D eigenvalue weighted by atomic mass is 16.6. The third kappa shape index (κ3) is 5.70. The van der Waals surface area contributed by atoms with Gasteiger partial charge in [0.05, 0.1) is 0 Å². The molecule has 2 unspecified atom stereocenters. The lowest BCUT2D eigenvalue weighted by Crippen LogP contribution is -2.37. The molecule has 2 rings (SSSR count). The van der Waals surface area contributed by atoms with Crippen LogP contribution >= 0.6 is 0 Å². The molecule has 0 aromatic rings. The van der Waals surface area contributed by atoms with Crippen LogP contribution < -0.4 is 10.6 Å². The van der Waals surface area contributed by atoms with E-state index < -0.39 is 5.60 Å². The monoisotopic (exact) mass is 282 g/mol. The number of hydrogen-bond acceptors (Lipinski definition) is 3. The van der Waals surface area contributed by atoms with Crippen molar-refractivity contribution < 1.29 is 9.53 Å². The van der Waals surface area contributed by atoms with Crippen molar-refractivity contribution in [2.24, 2.45) is 5.92 Å². The fraction of sp³-hybridized carbons (Fsp3) is 0.938. The van der Waals surface area contributed by atoms with Gasteiger partial charge in [-0.15, -0.1) is 0 Å². The van der Waals surface area contributed by atoms with E-state index in [9.17, 15) is 4.79 Å². The van der Waals surface area contributed by atoms with Crippen LogP contribution in [0.5, 0.6) is 0 Å². The number of nitrogens with one attached hydrogen (secondary N) is 2. The molecular weight excluding hydrogens is 252 g/mol. The number of amides is 1. The van der Waals surface area contributed by atoms with Crippen LogP contribution in [0.1, 0.15) is 65.7 Å². The van der Waals surface area contributed by atoms with Crippen molar-refractivity contribution >= 4 is 6.09 Å². The SMILES string of the molecule is CC(C)(C)OC(=O)NC1CC1NCCC1CCCCC1. The molecule has 2 aliphatic rings. The predicted octanol–water partition coefficient (Wildman–Crippen LogP) is 3.21. The van der Waals surface area contributed by atoms with Gasteiger partial charge in [0.1, 0.15) is 5.60 Å². The van der Waals surface area contributed by atoms with Gasteiger partial charge in [0.2, 0.25) is 0 Å². The topological polar surface area (TPSA) is 50.4 Å². The largest absolute Gasteiger partial charge is 0.444 e. The number of ether oxygens (including phenoxy) is 1. The maximum atomic E-state index is 11.6. The Bertz CT molecular complexity index is 319. The van der Waals surface area contributed by atoms with Gasteiger partial charge in [-0.05, 0) is 46.1 Å². The molecule has 0 radical (unpaired) electrons. The molecule has 0 heterocycles. The van der Waals surface area contributed by atoms with Crippen molar-refractivity contribution in [1.82, 2.24) is 10.6 Å². The van der Waals surface area contributed by atoms with E-state index >= 15 is 0 Å².